The standard InChI is InChI=1S/C4H5Cl3N6/c5-4(6,7)13-3-11-1(8)10-2(9)12-3/h(H5,8,9,10,11,12,13). The van der Waals surface area contributed by atoms with Crippen LogP contribution < -0.4 is 16.8 Å². The van der Waals surface area contributed by atoms with Gasteiger partial charge in [0, 0.05) is 0 Å². The minimum atomic E-state index is -1.71. The number of hydrogen-bond acceptors (Lipinski definition) is 6. The van der Waals surface area contributed by atoms with Crippen LogP contribution in [-0.2, 0) is 0 Å². The first-order valence-electron chi connectivity index (χ1n) is 2.99. The number of rotatable bonds is 1. The van der Waals surface area contributed by atoms with Gasteiger partial charge in [-0.2, -0.15) is 15.0 Å². The zero-order valence-corrected chi connectivity index (χ0v) is 8.40. The van der Waals surface area contributed by atoms with Gasteiger partial charge in [0.1, 0.15) is 0 Å². The van der Waals surface area contributed by atoms with E-state index in [-0.39, 0.29) is 17.8 Å². The van der Waals surface area contributed by atoms with E-state index in [0.717, 1.165) is 0 Å². The van der Waals surface area contributed by atoms with E-state index >= 15 is 0 Å². The first-order valence-corrected chi connectivity index (χ1v) is 4.12. The Balaban J connectivity index is 2.90. The molecule has 0 spiro atoms. The topological polar surface area (TPSA) is 103 Å². The third-order valence-corrected chi connectivity index (χ3v) is 1.21. The molecule has 0 radical (unpaired) electrons. The normalized spacial score (nSPS) is 11.3. The van der Waals surface area contributed by atoms with Gasteiger partial charge in [-0.25, -0.2) is 0 Å². The van der Waals surface area contributed by atoms with Crippen LogP contribution in [0.5, 0.6) is 0 Å². The number of anilines is 3. The van der Waals surface area contributed by atoms with Crippen molar-refractivity contribution in [2.24, 2.45) is 0 Å². The van der Waals surface area contributed by atoms with Crippen LogP contribution >= 0.6 is 34.8 Å². The molecule has 0 atom stereocenters. The minimum Gasteiger partial charge on any atom is -0.368 e. The summed E-state index contributed by atoms with van der Waals surface area (Å²) in [6, 6.07) is 0. The maximum absolute atomic E-state index is 5.41. The van der Waals surface area contributed by atoms with Gasteiger partial charge in [-0.1, -0.05) is 34.8 Å². The predicted molar refractivity (Wildman–Crippen MR) is 52.6 cm³/mol. The first kappa shape index (κ1) is 10.4. The Kier molecular flexibility index (Phi) is 2.84. The maximum atomic E-state index is 5.41. The Morgan fingerprint density at radius 3 is 1.85 bits per heavy atom. The molecule has 1 rings (SSSR count). The van der Waals surface area contributed by atoms with Gasteiger partial charge in [-0.15, -0.1) is 0 Å². The fraction of sp³-hybridized carbons (Fsp3) is 0.250. The summed E-state index contributed by atoms with van der Waals surface area (Å²) in [4.78, 5) is 10.8. The van der Waals surface area contributed by atoms with E-state index in [1.807, 2.05) is 0 Å². The second kappa shape index (κ2) is 3.57. The summed E-state index contributed by atoms with van der Waals surface area (Å²) in [6.45, 7) is 0. The molecule has 1 aromatic rings. The van der Waals surface area contributed by atoms with Crippen LogP contribution in [0.1, 0.15) is 0 Å². The van der Waals surface area contributed by atoms with Gasteiger partial charge < -0.3 is 16.8 Å². The highest BCUT2D eigenvalue weighted by atomic mass is 35.6. The smallest absolute Gasteiger partial charge is 0.268 e. The Hall–Kier alpha value is -0.720. The summed E-state index contributed by atoms with van der Waals surface area (Å²) in [7, 11) is 0. The molecule has 0 aliphatic rings. The highest BCUT2D eigenvalue weighted by Gasteiger charge is 2.20. The van der Waals surface area contributed by atoms with E-state index in [4.69, 9.17) is 46.3 Å². The lowest BCUT2D eigenvalue weighted by Crippen LogP contribution is -2.19. The van der Waals surface area contributed by atoms with Crippen molar-refractivity contribution in [3.63, 3.8) is 0 Å². The van der Waals surface area contributed by atoms with Crippen LogP contribution in [0.15, 0.2) is 0 Å². The lowest BCUT2D eigenvalue weighted by atomic mass is 10.8. The van der Waals surface area contributed by atoms with Gasteiger partial charge in [-0.3, -0.25) is 0 Å². The van der Waals surface area contributed by atoms with E-state index in [2.05, 4.69) is 20.3 Å². The second-order valence-corrected chi connectivity index (χ2v) is 4.28. The molecule has 0 aromatic carbocycles. The third kappa shape index (κ3) is 3.67. The third-order valence-electron chi connectivity index (χ3n) is 0.924. The first-order chi connectivity index (χ1) is 5.87. The molecule has 0 saturated carbocycles. The number of nitrogens with zero attached hydrogens (tertiary/aromatic N) is 3. The number of nitrogen functional groups attached to an aromatic ring is 2. The average Bonchev–Trinajstić information content (AvgIpc) is 1.78. The molecule has 0 saturated heterocycles. The summed E-state index contributed by atoms with van der Waals surface area (Å²) in [5.74, 6) is -0.0986. The van der Waals surface area contributed by atoms with Gasteiger partial charge in [0.25, 0.3) is 3.92 Å². The van der Waals surface area contributed by atoms with Gasteiger partial charge in [0.15, 0.2) is 0 Å². The molecule has 13 heavy (non-hydrogen) atoms. The summed E-state index contributed by atoms with van der Waals surface area (Å²) in [5, 5.41) is 2.34. The number of hydrogen-bond donors (Lipinski definition) is 3. The van der Waals surface area contributed by atoms with Gasteiger partial charge in [-0.05, 0) is 0 Å². The lowest BCUT2D eigenvalue weighted by molar-refractivity contribution is 1.04. The summed E-state index contributed by atoms with van der Waals surface area (Å²) in [5.41, 5.74) is 10.5. The fourth-order valence-corrected chi connectivity index (χ4v) is 0.846. The summed E-state index contributed by atoms with van der Waals surface area (Å²) in [6.07, 6.45) is 0. The van der Waals surface area contributed by atoms with Gasteiger partial charge >= 0.3 is 0 Å². The summed E-state index contributed by atoms with van der Waals surface area (Å²) < 4.78 is -1.71. The Bertz CT molecular complexity index is 289. The molecule has 0 aliphatic heterocycles. The Morgan fingerprint density at radius 2 is 1.46 bits per heavy atom. The molecule has 0 aliphatic carbocycles. The van der Waals surface area contributed by atoms with Crippen molar-refractivity contribution in [3.8, 4) is 0 Å². The second-order valence-electron chi connectivity index (χ2n) is 2.00. The molecule has 6 nitrogen and oxygen atoms in total. The molecule has 9 heteroatoms. The van der Waals surface area contributed by atoms with Crippen LogP contribution in [0.4, 0.5) is 17.8 Å². The van der Waals surface area contributed by atoms with Crippen molar-refractivity contribution in [2.45, 2.75) is 3.92 Å². The van der Waals surface area contributed by atoms with E-state index in [1.54, 1.807) is 0 Å². The van der Waals surface area contributed by atoms with Gasteiger partial charge in [0.05, 0.1) is 0 Å². The predicted octanol–water partition coefficient (Wildman–Crippen LogP) is 0.776. The number of alkyl halides is 3. The fourth-order valence-electron chi connectivity index (χ4n) is 0.592. The molecular formula is C4H5Cl3N6. The van der Waals surface area contributed by atoms with Crippen molar-refractivity contribution in [1.82, 2.24) is 15.0 Å². The number of halogens is 3. The number of nitrogens with one attached hydrogen (secondary N) is 1. The quantitative estimate of drug-likeness (QED) is 0.497. The van der Waals surface area contributed by atoms with Crippen molar-refractivity contribution < 1.29 is 0 Å². The molecule has 0 amide bonds. The van der Waals surface area contributed by atoms with Crippen LogP contribution in [-0.4, -0.2) is 18.9 Å². The zero-order valence-electron chi connectivity index (χ0n) is 6.13. The number of aromatic nitrogens is 3. The molecule has 1 aromatic heterocycles. The number of nitrogens with two attached hydrogens (primary N) is 2. The van der Waals surface area contributed by atoms with Crippen LogP contribution in [0.3, 0.4) is 0 Å². The van der Waals surface area contributed by atoms with Crippen molar-refractivity contribution in [3.05, 3.63) is 0 Å². The Labute approximate surface area is 88.6 Å². The van der Waals surface area contributed by atoms with Crippen LogP contribution in [0, 0.1) is 0 Å². The molecule has 0 bridgehead atoms. The summed E-state index contributed by atoms with van der Waals surface area (Å²) >= 11 is 16.2. The zero-order chi connectivity index (χ0) is 10.1. The van der Waals surface area contributed by atoms with E-state index in [0.29, 0.717) is 0 Å². The SMILES string of the molecule is Nc1nc(N)nc(NC(Cl)(Cl)Cl)n1. The molecule has 72 valence electrons. The minimum absolute atomic E-state index is 0.00463. The highest BCUT2D eigenvalue weighted by Crippen LogP contribution is 2.26. The monoisotopic (exact) mass is 242 g/mol. The average molecular weight is 243 g/mol. The molecule has 0 fully saturated rings. The van der Waals surface area contributed by atoms with Crippen LogP contribution in [0.2, 0.25) is 0 Å². The van der Waals surface area contributed by atoms with E-state index in [9.17, 15) is 0 Å². The molecule has 1 heterocycles. The van der Waals surface area contributed by atoms with Gasteiger partial charge in [0.2, 0.25) is 17.8 Å². The lowest BCUT2D eigenvalue weighted by Gasteiger charge is -2.12. The van der Waals surface area contributed by atoms with Crippen LogP contribution in [0.25, 0.3) is 0 Å². The largest absolute Gasteiger partial charge is 0.368 e. The molecule has 0 unspecified atom stereocenters. The van der Waals surface area contributed by atoms with Crippen molar-refractivity contribution >= 4 is 52.6 Å². The molecular weight excluding hydrogens is 238 g/mol. The van der Waals surface area contributed by atoms with E-state index in [1.165, 1.54) is 0 Å². The van der Waals surface area contributed by atoms with Crippen molar-refractivity contribution in [2.75, 3.05) is 16.8 Å². The highest BCUT2D eigenvalue weighted by molar-refractivity contribution is 6.68. The van der Waals surface area contributed by atoms with E-state index < -0.39 is 3.92 Å². The molecule has 5 N–H and O–H groups in total. The van der Waals surface area contributed by atoms with Crippen molar-refractivity contribution in [1.29, 1.82) is 0 Å². The Morgan fingerprint density at radius 1 is 1.00 bits per heavy atom. The maximum Gasteiger partial charge on any atom is 0.268 e.